The van der Waals surface area contributed by atoms with Crippen LogP contribution >= 0.6 is 0 Å². The lowest BCUT2D eigenvalue weighted by Gasteiger charge is -2.26. The van der Waals surface area contributed by atoms with Gasteiger partial charge in [-0.3, -0.25) is 0 Å². The molecule has 3 nitrogen and oxygen atoms in total. The van der Waals surface area contributed by atoms with Crippen molar-refractivity contribution in [2.45, 2.75) is 331 Å². The maximum absolute atomic E-state index is 5.17. The summed E-state index contributed by atoms with van der Waals surface area (Å²) in [5.41, 5.74) is 26.1. The van der Waals surface area contributed by atoms with E-state index in [0.29, 0.717) is 17.8 Å². The van der Waals surface area contributed by atoms with Crippen LogP contribution in [0, 0.1) is 48.5 Å². The average molecular weight is 1310 g/mol. The Bertz CT molecular complexity index is 3340. The first-order chi connectivity index (χ1) is 46.1. The van der Waals surface area contributed by atoms with Crippen LogP contribution in [0.15, 0.2) is 109 Å². The first-order valence-corrected chi connectivity index (χ1v) is 38.8. The summed E-state index contributed by atoms with van der Waals surface area (Å²) in [7, 11) is 4.87. The van der Waals surface area contributed by atoms with Crippen molar-refractivity contribution < 1.29 is 14.2 Å². The van der Waals surface area contributed by atoms with Crippen LogP contribution in [0.3, 0.4) is 0 Å². The van der Waals surface area contributed by atoms with Gasteiger partial charge < -0.3 is 14.2 Å². The fourth-order valence-corrected chi connectivity index (χ4v) is 16.4. The largest absolute Gasteiger partial charge is 0.496 e. The van der Waals surface area contributed by atoms with Gasteiger partial charge >= 0.3 is 0 Å². The molecule has 0 radical (unpaired) electrons. The van der Waals surface area contributed by atoms with Gasteiger partial charge in [-0.1, -0.05) is 279 Å². The van der Waals surface area contributed by atoms with Crippen molar-refractivity contribution in [1.82, 2.24) is 0 Å². The van der Waals surface area contributed by atoms with E-state index >= 15 is 0 Å². The highest BCUT2D eigenvalue weighted by Gasteiger charge is 2.28. The third kappa shape index (κ3) is 22.9. The van der Waals surface area contributed by atoms with Gasteiger partial charge in [0, 0.05) is 17.7 Å². The monoisotopic (exact) mass is 1310 g/mol. The van der Waals surface area contributed by atoms with Crippen LogP contribution in [0.25, 0.3) is 10.8 Å². The lowest BCUT2D eigenvalue weighted by molar-refractivity contribution is 0.371. The number of hydrogen-bond donors (Lipinski definition) is 0. The van der Waals surface area contributed by atoms with Crippen LogP contribution in [0.1, 0.15) is 366 Å². The number of fused-ring (bicyclic) bond motifs is 1. The highest BCUT2D eigenvalue weighted by atomic mass is 16.5. The second kappa shape index (κ2) is 37.0. The molecule has 3 heteroatoms. The Hall–Kier alpha value is -5.80. The minimum atomic E-state index is 0.242. The second-order valence-corrected chi connectivity index (χ2v) is 33.5. The Kier molecular flexibility index (Phi) is 30.0. The Morgan fingerprint density at radius 3 is 0.979 bits per heavy atom. The summed E-state index contributed by atoms with van der Waals surface area (Å²) in [6.45, 7) is 42.7. The fourth-order valence-electron chi connectivity index (χ4n) is 16.4. The molecule has 0 bridgehead atoms. The van der Waals surface area contributed by atoms with Crippen LogP contribution < -0.4 is 14.2 Å². The zero-order valence-electron chi connectivity index (χ0n) is 65.8. The molecule has 0 heterocycles. The molecular formula is C94H136O3. The third-order valence-electron chi connectivity index (χ3n) is 22.5. The summed E-state index contributed by atoms with van der Waals surface area (Å²) in [5, 5.41) is 2.67. The van der Waals surface area contributed by atoms with Crippen LogP contribution in [0.5, 0.6) is 17.2 Å². The molecule has 5 fully saturated rings. The zero-order valence-corrected chi connectivity index (χ0v) is 65.8. The number of methoxy groups -OCH3 is 3. The van der Waals surface area contributed by atoms with Crippen molar-refractivity contribution >= 4 is 10.8 Å². The molecule has 0 saturated heterocycles. The first-order valence-electron chi connectivity index (χ1n) is 38.8. The van der Waals surface area contributed by atoms with Gasteiger partial charge in [0.15, 0.2) is 0 Å². The van der Waals surface area contributed by atoms with E-state index in [1.54, 1.807) is 54.7 Å². The molecule has 7 aromatic carbocycles. The highest BCUT2D eigenvalue weighted by Crippen LogP contribution is 2.46. The fraction of sp³-hybridized carbons (Fsp3) is 0.574. The average Bonchev–Trinajstić information content (AvgIpc) is 1.78. The van der Waals surface area contributed by atoms with E-state index in [1.807, 2.05) is 19.1 Å². The molecule has 0 atom stereocenters. The van der Waals surface area contributed by atoms with Gasteiger partial charge in [0.25, 0.3) is 0 Å². The van der Waals surface area contributed by atoms with Crippen molar-refractivity contribution in [3.05, 3.63) is 204 Å². The molecule has 0 aromatic heterocycles. The van der Waals surface area contributed by atoms with Gasteiger partial charge in [0.1, 0.15) is 17.2 Å². The van der Waals surface area contributed by atoms with Gasteiger partial charge in [-0.25, -0.2) is 0 Å². The van der Waals surface area contributed by atoms with E-state index < -0.39 is 0 Å². The smallest absolute Gasteiger partial charge is 0.129 e. The topological polar surface area (TPSA) is 27.7 Å². The summed E-state index contributed by atoms with van der Waals surface area (Å²) in [6, 6.07) is 41.3. The third-order valence-corrected chi connectivity index (χ3v) is 22.5. The van der Waals surface area contributed by atoms with Crippen molar-refractivity contribution in [2.24, 2.45) is 0 Å². The van der Waals surface area contributed by atoms with Gasteiger partial charge in [-0.15, -0.1) is 0 Å². The number of ether oxygens (including phenoxy) is 3. The minimum Gasteiger partial charge on any atom is -0.496 e. The van der Waals surface area contributed by atoms with Gasteiger partial charge in [-0.2, -0.15) is 0 Å². The number of benzene rings is 7. The predicted octanol–water partition coefficient (Wildman–Crippen LogP) is 28.5. The van der Waals surface area contributed by atoms with E-state index in [4.69, 9.17) is 14.2 Å². The standard InChI is InChI=1S/C22H32.C19H28.C16H26.C15H24.C12H12.C10H14O3/c1-16-21(18-10-4-5-11-18)14-20(17-8-2-3-9-17)15-22(16)19-12-6-7-13-19;1-15-12-18(16-8-4-2-5-9-16)14-19(13-15)17-10-6-3-7-11-17;1-10(2)14-8-15(11(3)4)13(7)16(9-14)12(5)6;1-11-8-12(14(2,3)4)10-13(9-11)15(5,6)7;1-9-3-5-12-8-10(2)4-6-11(12)7-9;1-7-9(12-3)5-8(11-2)6-10(7)13-4/h14-15,17-19H,2-13H2,1H3;12-14,16-17H,2-11H2,1H3;8-12H,1-7H3;8-10H,1-7H3;3-8H,1-2H3;5-6H,1-4H3. The van der Waals surface area contributed by atoms with Crippen molar-refractivity contribution in [2.75, 3.05) is 21.3 Å². The molecule has 5 aliphatic carbocycles. The first kappa shape index (κ1) is 78.5. The van der Waals surface area contributed by atoms with Crippen molar-refractivity contribution in [1.29, 1.82) is 0 Å². The highest BCUT2D eigenvalue weighted by molar-refractivity contribution is 5.83. The normalized spacial score (nSPS) is 16.5. The summed E-state index contributed by atoms with van der Waals surface area (Å²) in [4.78, 5) is 0. The zero-order chi connectivity index (χ0) is 70.7. The number of aryl methyl sites for hydroxylation is 4. The molecule has 0 aliphatic heterocycles. The van der Waals surface area contributed by atoms with E-state index in [-0.39, 0.29) is 10.8 Å². The summed E-state index contributed by atoms with van der Waals surface area (Å²) in [5.74, 6) is 8.49. The lowest BCUT2D eigenvalue weighted by Crippen LogP contribution is -2.16. The van der Waals surface area contributed by atoms with E-state index in [0.717, 1.165) is 52.4 Å². The SMILES string of the molecule is COc1cc(OC)c(C)c(OC)c1.Cc1c(C(C)C)cc(C(C)C)cc1C(C)C.Cc1c(C2CCCC2)cc(C2CCCC2)cc1C1CCCC1.Cc1cc(C(C)(C)C)cc(C(C)(C)C)c1.Cc1cc(C2CCCCC2)cc(C2CCCCC2)c1.Cc1ccc2cc(C)ccc2c1. The molecule has 530 valence electrons. The minimum absolute atomic E-state index is 0.242. The van der Waals surface area contributed by atoms with Crippen LogP contribution in [-0.2, 0) is 10.8 Å². The van der Waals surface area contributed by atoms with E-state index in [9.17, 15) is 0 Å². The molecule has 0 N–H and O–H groups in total. The van der Waals surface area contributed by atoms with Crippen LogP contribution in [0.2, 0.25) is 0 Å². The lowest BCUT2D eigenvalue weighted by atomic mass is 9.79. The van der Waals surface area contributed by atoms with E-state index in [1.165, 1.54) is 208 Å². The predicted molar refractivity (Wildman–Crippen MR) is 424 cm³/mol. The Labute approximate surface area is 594 Å². The molecule has 5 aliphatic rings. The molecular weight excluding hydrogens is 1180 g/mol. The Morgan fingerprint density at radius 2 is 0.649 bits per heavy atom. The van der Waals surface area contributed by atoms with Gasteiger partial charge in [0.2, 0.25) is 0 Å². The maximum atomic E-state index is 5.17. The van der Waals surface area contributed by atoms with Crippen molar-refractivity contribution in [3.8, 4) is 17.2 Å². The Balaban J connectivity index is 0.000000166. The van der Waals surface area contributed by atoms with Gasteiger partial charge in [0.05, 0.1) is 21.3 Å². The van der Waals surface area contributed by atoms with Crippen LogP contribution in [-0.4, -0.2) is 21.3 Å². The number of hydrogen-bond acceptors (Lipinski definition) is 3. The molecule has 12 rings (SSSR count). The van der Waals surface area contributed by atoms with Gasteiger partial charge in [-0.05, 0) is 248 Å². The van der Waals surface area contributed by atoms with Crippen LogP contribution in [0.4, 0.5) is 0 Å². The Morgan fingerprint density at radius 1 is 0.309 bits per heavy atom. The summed E-state index contributed by atoms with van der Waals surface area (Å²) < 4.78 is 15.4. The van der Waals surface area contributed by atoms with Crippen molar-refractivity contribution in [3.63, 3.8) is 0 Å². The molecule has 0 amide bonds. The number of rotatable bonds is 11. The quantitative estimate of drug-likeness (QED) is 0.129. The maximum Gasteiger partial charge on any atom is 0.129 e. The van der Waals surface area contributed by atoms with E-state index in [2.05, 4.69) is 222 Å². The molecule has 5 saturated carbocycles. The molecule has 0 unspecified atom stereocenters. The summed E-state index contributed by atoms with van der Waals surface area (Å²) >= 11 is 0. The molecule has 97 heavy (non-hydrogen) atoms. The summed E-state index contributed by atoms with van der Waals surface area (Å²) in [6.07, 6.45) is 31.8. The second-order valence-electron chi connectivity index (χ2n) is 33.5. The molecule has 0 spiro atoms. The molecule has 7 aromatic rings.